The Bertz CT molecular complexity index is 702. The van der Waals surface area contributed by atoms with Gasteiger partial charge in [0.15, 0.2) is 0 Å². The van der Waals surface area contributed by atoms with E-state index in [1.807, 2.05) is 6.92 Å². The number of morpholine rings is 1. The van der Waals surface area contributed by atoms with E-state index < -0.39 is 11.9 Å². The van der Waals surface area contributed by atoms with Crippen molar-refractivity contribution < 1.29 is 29.3 Å². The van der Waals surface area contributed by atoms with Gasteiger partial charge in [0.05, 0.1) is 12.7 Å². The van der Waals surface area contributed by atoms with Crippen LogP contribution >= 0.6 is 11.6 Å². The van der Waals surface area contributed by atoms with E-state index in [-0.39, 0.29) is 18.1 Å². The number of aliphatic carboxylic acids is 2. The lowest BCUT2D eigenvalue weighted by atomic mass is 10.1. The van der Waals surface area contributed by atoms with Crippen molar-refractivity contribution in [2.24, 2.45) is 5.92 Å². The molecule has 1 aliphatic heterocycles. The summed E-state index contributed by atoms with van der Waals surface area (Å²) in [5, 5.41) is 21.7. The van der Waals surface area contributed by atoms with Gasteiger partial charge in [-0.15, -0.1) is 0 Å². The summed E-state index contributed by atoms with van der Waals surface area (Å²) >= 11 is 5.85. The molecule has 31 heavy (non-hydrogen) atoms. The van der Waals surface area contributed by atoms with Gasteiger partial charge in [-0.05, 0) is 37.1 Å². The molecule has 0 bridgehead atoms. The molecule has 4 N–H and O–H groups in total. The van der Waals surface area contributed by atoms with Crippen molar-refractivity contribution in [2.75, 3.05) is 38.1 Å². The molecule has 0 aliphatic carbocycles. The van der Waals surface area contributed by atoms with Crippen LogP contribution < -0.4 is 10.6 Å². The minimum atomic E-state index is -1.82. The van der Waals surface area contributed by atoms with Gasteiger partial charge >= 0.3 is 11.9 Å². The summed E-state index contributed by atoms with van der Waals surface area (Å²) in [4.78, 5) is 32.8. The summed E-state index contributed by atoms with van der Waals surface area (Å²) in [5.41, 5.74) is 0.765. The van der Waals surface area contributed by atoms with Gasteiger partial charge in [0.2, 0.25) is 5.91 Å². The SMILES string of the molecule is CC(C)CN1CCOC(CNC(C)CC(=O)Nc2ccc(Cl)cc2)C1.O=C(O)C(=O)O. The molecule has 2 unspecified atom stereocenters. The zero-order valence-electron chi connectivity index (χ0n) is 18.1. The predicted octanol–water partition coefficient (Wildman–Crippen LogP) is 2.16. The van der Waals surface area contributed by atoms with Crippen LogP contribution in [0.1, 0.15) is 27.2 Å². The normalized spacial score (nSPS) is 17.4. The number of anilines is 1. The average Bonchev–Trinajstić information content (AvgIpc) is 2.68. The number of carbonyl (C=O) groups excluding carboxylic acids is 1. The molecule has 1 fully saturated rings. The molecule has 0 spiro atoms. The molecule has 2 rings (SSSR count). The van der Waals surface area contributed by atoms with Gasteiger partial charge in [0.25, 0.3) is 0 Å². The number of benzene rings is 1. The highest BCUT2D eigenvalue weighted by molar-refractivity contribution is 6.30. The van der Waals surface area contributed by atoms with Gasteiger partial charge < -0.3 is 25.6 Å². The Balaban J connectivity index is 0.000000703. The lowest BCUT2D eigenvalue weighted by Crippen LogP contribution is -2.49. The molecule has 1 amide bonds. The Kier molecular flexibility index (Phi) is 12.1. The van der Waals surface area contributed by atoms with Crippen molar-refractivity contribution in [3.05, 3.63) is 29.3 Å². The summed E-state index contributed by atoms with van der Waals surface area (Å²) in [7, 11) is 0. The van der Waals surface area contributed by atoms with Gasteiger partial charge in [-0.3, -0.25) is 9.69 Å². The molecule has 1 aliphatic rings. The summed E-state index contributed by atoms with van der Waals surface area (Å²) in [5.74, 6) is -2.99. The quantitative estimate of drug-likeness (QED) is 0.437. The molecule has 1 aromatic carbocycles. The van der Waals surface area contributed by atoms with Crippen molar-refractivity contribution >= 4 is 35.1 Å². The number of carboxylic acid groups (broad SMARTS) is 2. The van der Waals surface area contributed by atoms with E-state index in [2.05, 4.69) is 29.4 Å². The zero-order valence-corrected chi connectivity index (χ0v) is 18.9. The van der Waals surface area contributed by atoms with Crippen LogP contribution in [0.25, 0.3) is 0 Å². The number of hydrogen-bond donors (Lipinski definition) is 4. The number of ether oxygens (including phenoxy) is 1. The van der Waals surface area contributed by atoms with Crippen molar-refractivity contribution in [2.45, 2.75) is 39.3 Å². The summed E-state index contributed by atoms with van der Waals surface area (Å²) in [6.45, 7) is 11.1. The minimum absolute atomic E-state index is 0.00619. The maximum absolute atomic E-state index is 12.1. The number of hydrogen-bond acceptors (Lipinski definition) is 6. The Hall–Kier alpha value is -2.20. The second-order valence-corrected chi connectivity index (χ2v) is 8.26. The van der Waals surface area contributed by atoms with Crippen LogP contribution in [0.5, 0.6) is 0 Å². The largest absolute Gasteiger partial charge is 0.473 e. The lowest BCUT2D eigenvalue weighted by molar-refractivity contribution is -0.159. The number of amides is 1. The summed E-state index contributed by atoms with van der Waals surface area (Å²) in [6.07, 6.45) is 0.611. The highest BCUT2D eigenvalue weighted by Gasteiger charge is 2.21. The van der Waals surface area contributed by atoms with Gasteiger partial charge in [-0.2, -0.15) is 0 Å². The molecular formula is C21H32ClN3O6. The Labute approximate surface area is 187 Å². The maximum Gasteiger partial charge on any atom is 0.414 e. The monoisotopic (exact) mass is 457 g/mol. The van der Waals surface area contributed by atoms with E-state index in [9.17, 15) is 4.79 Å². The van der Waals surface area contributed by atoms with Gasteiger partial charge in [-0.1, -0.05) is 25.4 Å². The summed E-state index contributed by atoms with van der Waals surface area (Å²) in [6, 6.07) is 7.23. The number of carboxylic acids is 2. The molecule has 1 heterocycles. The van der Waals surface area contributed by atoms with E-state index in [0.29, 0.717) is 17.4 Å². The van der Waals surface area contributed by atoms with Crippen molar-refractivity contribution in [1.29, 1.82) is 0 Å². The highest BCUT2D eigenvalue weighted by atomic mass is 35.5. The van der Waals surface area contributed by atoms with Gasteiger partial charge in [0.1, 0.15) is 0 Å². The Morgan fingerprint density at radius 1 is 1.16 bits per heavy atom. The second-order valence-electron chi connectivity index (χ2n) is 7.83. The fourth-order valence-corrected chi connectivity index (χ4v) is 3.14. The molecule has 0 aromatic heterocycles. The Morgan fingerprint density at radius 3 is 2.32 bits per heavy atom. The lowest BCUT2D eigenvalue weighted by Gasteiger charge is -2.34. The van der Waals surface area contributed by atoms with E-state index >= 15 is 0 Å². The van der Waals surface area contributed by atoms with E-state index in [1.54, 1.807) is 24.3 Å². The number of nitrogens with zero attached hydrogens (tertiary/aromatic N) is 1. The molecule has 10 heteroatoms. The predicted molar refractivity (Wildman–Crippen MR) is 118 cm³/mol. The van der Waals surface area contributed by atoms with Crippen LogP contribution in [0.3, 0.4) is 0 Å². The number of carbonyl (C=O) groups is 3. The molecule has 0 saturated carbocycles. The smallest absolute Gasteiger partial charge is 0.414 e. The third-order valence-electron chi connectivity index (χ3n) is 4.34. The molecular weight excluding hydrogens is 426 g/mol. The van der Waals surface area contributed by atoms with E-state index in [0.717, 1.165) is 38.5 Å². The fourth-order valence-electron chi connectivity index (χ4n) is 3.01. The molecule has 0 radical (unpaired) electrons. The fraction of sp³-hybridized carbons (Fsp3) is 0.571. The molecule has 2 atom stereocenters. The highest BCUT2D eigenvalue weighted by Crippen LogP contribution is 2.14. The van der Waals surface area contributed by atoms with Crippen LogP contribution in [-0.4, -0.2) is 77.9 Å². The van der Waals surface area contributed by atoms with Crippen molar-refractivity contribution in [3.63, 3.8) is 0 Å². The van der Waals surface area contributed by atoms with E-state index in [1.165, 1.54) is 0 Å². The molecule has 174 valence electrons. The molecule has 1 aromatic rings. The van der Waals surface area contributed by atoms with Gasteiger partial charge in [-0.25, -0.2) is 9.59 Å². The summed E-state index contributed by atoms with van der Waals surface area (Å²) < 4.78 is 5.83. The Morgan fingerprint density at radius 2 is 1.77 bits per heavy atom. The van der Waals surface area contributed by atoms with Crippen molar-refractivity contribution in [3.8, 4) is 0 Å². The first kappa shape index (κ1) is 26.8. The third-order valence-corrected chi connectivity index (χ3v) is 4.59. The second kappa shape index (κ2) is 14.0. The third kappa shape index (κ3) is 12.3. The van der Waals surface area contributed by atoms with Crippen LogP contribution in [-0.2, 0) is 19.1 Å². The first-order chi connectivity index (χ1) is 14.6. The average molecular weight is 458 g/mol. The first-order valence-corrected chi connectivity index (χ1v) is 10.5. The van der Waals surface area contributed by atoms with Crippen LogP contribution in [0.4, 0.5) is 5.69 Å². The first-order valence-electron chi connectivity index (χ1n) is 10.2. The van der Waals surface area contributed by atoms with Crippen LogP contribution in [0.2, 0.25) is 5.02 Å². The maximum atomic E-state index is 12.1. The van der Waals surface area contributed by atoms with Crippen LogP contribution in [0, 0.1) is 5.92 Å². The topological polar surface area (TPSA) is 128 Å². The van der Waals surface area contributed by atoms with E-state index in [4.69, 9.17) is 36.1 Å². The van der Waals surface area contributed by atoms with Crippen molar-refractivity contribution in [1.82, 2.24) is 10.2 Å². The number of nitrogens with one attached hydrogen (secondary N) is 2. The zero-order chi connectivity index (χ0) is 23.4. The standard InChI is InChI=1S/C19H30ClN3O2.C2H2O4/c1-14(2)12-23-8-9-25-18(13-23)11-21-15(3)10-19(24)22-17-6-4-16(20)5-7-17;3-1(4)2(5)6/h4-7,14-15,18,21H,8-13H2,1-3H3,(H,22,24);(H,3,4)(H,5,6). The number of rotatable bonds is 8. The van der Waals surface area contributed by atoms with Gasteiger partial charge in [0, 0.05) is 49.4 Å². The van der Waals surface area contributed by atoms with Crippen LogP contribution in [0.15, 0.2) is 24.3 Å². The number of halogens is 1. The minimum Gasteiger partial charge on any atom is -0.473 e. The molecule has 1 saturated heterocycles. The molecule has 9 nitrogen and oxygen atoms in total.